The molecule has 6 heteroatoms. The summed E-state index contributed by atoms with van der Waals surface area (Å²) in [6, 6.07) is 0. The predicted octanol–water partition coefficient (Wildman–Crippen LogP) is 22.1. The fraction of sp³-hybridized carbons (Fsp3) is 0.603. The highest BCUT2D eigenvalue weighted by Crippen LogP contribution is 2.14. The average Bonchev–Trinajstić information content (AvgIpc) is 3.45. The second-order valence-electron chi connectivity index (χ2n) is 20.5. The molecule has 0 aliphatic carbocycles. The van der Waals surface area contributed by atoms with E-state index in [0.29, 0.717) is 12.8 Å². The van der Waals surface area contributed by atoms with E-state index < -0.39 is 6.10 Å². The van der Waals surface area contributed by atoms with Crippen molar-refractivity contribution in [3.8, 4) is 0 Å². The van der Waals surface area contributed by atoms with Crippen molar-refractivity contribution in [1.82, 2.24) is 0 Å². The van der Waals surface area contributed by atoms with Crippen LogP contribution in [0.1, 0.15) is 265 Å². The molecule has 79 heavy (non-hydrogen) atoms. The van der Waals surface area contributed by atoms with Gasteiger partial charge in [0.1, 0.15) is 13.2 Å². The Morgan fingerprint density at radius 1 is 0.266 bits per heavy atom. The van der Waals surface area contributed by atoms with Gasteiger partial charge in [0.2, 0.25) is 0 Å². The number of unbranched alkanes of at least 4 members (excludes halogenated alkanes) is 19. The molecule has 0 aliphatic rings. The highest BCUT2D eigenvalue weighted by molar-refractivity contribution is 5.71. The van der Waals surface area contributed by atoms with Crippen LogP contribution in [0, 0.1) is 0 Å². The lowest BCUT2D eigenvalue weighted by Crippen LogP contribution is -2.30. The molecule has 0 radical (unpaired) electrons. The molecule has 0 bridgehead atoms. The molecule has 6 nitrogen and oxygen atoms in total. The Balaban J connectivity index is 4.56. The average molecular weight is 1090 g/mol. The van der Waals surface area contributed by atoms with Crippen molar-refractivity contribution in [1.29, 1.82) is 0 Å². The summed E-state index contributed by atoms with van der Waals surface area (Å²) in [5, 5.41) is 0. The Hall–Kier alpha value is -4.97. The van der Waals surface area contributed by atoms with E-state index in [-0.39, 0.29) is 44.0 Å². The van der Waals surface area contributed by atoms with Crippen LogP contribution in [0.4, 0.5) is 0 Å². The van der Waals surface area contributed by atoms with Crippen LogP contribution in [0.5, 0.6) is 0 Å². The quantitative estimate of drug-likeness (QED) is 0.0261. The normalized spacial score (nSPS) is 13.2. The van der Waals surface area contributed by atoms with Crippen LogP contribution in [0.2, 0.25) is 0 Å². The first-order valence-corrected chi connectivity index (χ1v) is 32.0. The van der Waals surface area contributed by atoms with Crippen LogP contribution in [0.3, 0.4) is 0 Å². The Bertz CT molecular complexity index is 1780. The van der Waals surface area contributed by atoms with E-state index in [1.54, 1.807) is 0 Å². The Labute approximate surface area is 486 Å². The molecule has 0 saturated carbocycles. The summed E-state index contributed by atoms with van der Waals surface area (Å²) in [6.45, 7) is 6.34. The van der Waals surface area contributed by atoms with E-state index in [1.807, 2.05) is 0 Å². The van der Waals surface area contributed by atoms with E-state index >= 15 is 0 Å². The summed E-state index contributed by atoms with van der Waals surface area (Å²) in [7, 11) is 0. The fourth-order valence-corrected chi connectivity index (χ4v) is 8.28. The van der Waals surface area contributed by atoms with Gasteiger partial charge in [0, 0.05) is 19.3 Å². The lowest BCUT2D eigenvalue weighted by Gasteiger charge is -2.18. The molecule has 0 aromatic carbocycles. The maximum Gasteiger partial charge on any atom is 0.306 e. The minimum atomic E-state index is -0.824. The monoisotopic (exact) mass is 1090 g/mol. The first-order chi connectivity index (χ1) is 39.0. The number of carbonyl (C=O) groups is 3. The zero-order chi connectivity index (χ0) is 57.1. The second kappa shape index (κ2) is 65.5. The molecule has 0 aromatic rings. The molecule has 0 spiro atoms. The van der Waals surface area contributed by atoms with Gasteiger partial charge >= 0.3 is 17.9 Å². The summed E-state index contributed by atoms with van der Waals surface area (Å²) in [5.74, 6) is -1.00. The zero-order valence-corrected chi connectivity index (χ0v) is 50.8. The summed E-state index contributed by atoms with van der Waals surface area (Å²) >= 11 is 0. The molecule has 1 unspecified atom stereocenters. The second-order valence-corrected chi connectivity index (χ2v) is 20.5. The number of carbonyl (C=O) groups excluding carboxylic acids is 3. The summed E-state index contributed by atoms with van der Waals surface area (Å²) in [4.78, 5) is 38.3. The van der Waals surface area contributed by atoms with Gasteiger partial charge in [-0.2, -0.15) is 0 Å². The molecule has 0 aromatic heterocycles. The fourth-order valence-electron chi connectivity index (χ4n) is 8.28. The molecule has 1 atom stereocenters. The molecule has 0 heterocycles. The molecule has 0 fully saturated rings. The Kier molecular flexibility index (Phi) is 61.4. The van der Waals surface area contributed by atoms with E-state index in [9.17, 15) is 14.4 Å². The van der Waals surface area contributed by atoms with Crippen molar-refractivity contribution in [2.75, 3.05) is 13.2 Å². The zero-order valence-electron chi connectivity index (χ0n) is 50.8. The lowest BCUT2D eigenvalue weighted by molar-refractivity contribution is -0.167. The SMILES string of the molecule is CC/C=C\C/C=C\C/C=C\C/C=C\C/C=C\C/C=C\C/C=C\CCCC(=O)OCC(COC(=O)CCCCCCCCC/C=C\CCCCCCCC)OC(=O)CCCCCCC/C=C\C/C=C\C/C=C\C/C=C\C/C=C\CC. The van der Waals surface area contributed by atoms with Crippen molar-refractivity contribution in [3.05, 3.63) is 158 Å². The van der Waals surface area contributed by atoms with Gasteiger partial charge in [-0.25, -0.2) is 0 Å². The van der Waals surface area contributed by atoms with Crippen LogP contribution in [-0.4, -0.2) is 37.2 Å². The third-order valence-electron chi connectivity index (χ3n) is 13.0. The van der Waals surface area contributed by atoms with Crippen LogP contribution in [-0.2, 0) is 28.6 Å². The van der Waals surface area contributed by atoms with Gasteiger partial charge in [-0.15, -0.1) is 0 Å². The summed E-state index contributed by atoms with van der Waals surface area (Å²) in [6.07, 6.45) is 95.3. The molecule has 444 valence electrons. The Morgan fingerprint density at radius 2 is 0.506 bits per heavy atom. The topological polar surface area (TPSA) is 78.9 Å². The van der Waals surface area contributed by atoms with E-state index in [1.165, 1.54) is 77.0 Å². The van der Waals surface area contributed by atoms with Crippen molar-refractivity contribution in [2.24, 2.45) is 0 Å². The minimum Gasteiger partial charge on any atom is -0.462 e. The molecule has 0 N–H and O–H groups in total. The third-order valence-corrected chi connectivity index (χ3v) is 13.0. The van der Waals surface area contributed by atoms with Gasteiger partial charge in [0.05, 0.1) is 0 Å². The molecule has 0 aliphatic heterocycles. The highest BCUT2D eigenvalue weighted by Gasteiger charge is 2.19. The molecular weight excluding hydrogens is 973 g/mol. The highest BCUT2D eigenvalue weighted by atomic mass is 16.6. The van der Waals surface area contributed by atoms with E-state index in [4.69, 9.17) is 14.2 Å². The van der Waals surface area contributed by atoms with E-state index in [2.05, 4.69) is 179 Å². The van der Waals surface area contributed by atoms with Gasteiger partial charge < -0.3 is 14.2 Å². The molecule has 0 saturated heterocycles. The smallest absolute Gasteiger partial charge is 0.306 e. The van der Waals surface area contributed by atoms with Gasteiger partial charge in [0.25, 0.3) is 0 Å². The molecular formula is C73H116O6. The maximum atomic E-state index is 12.9. The van der Waals surface area contributed by atoms with Crippen LogP contribution < -0.4 is 0 Å². The maximum absolute atomic E-state index is 12.9. The Morgan fingerprint density at radius 3 is 0.835 bits per heavy atom. The largest absolute Gasteiger partial charge is 0.462 e. The van der Waals surface area contributed by atoms with Crippen molar-refractivity contribution in [3.63, 3.8) is 0 Å². The predicted molar refractivity (Wildman–Crippen MR) is 343 cm³/mol. The first-order valence-electron chi connectivity index (χ1n) is 32.0. The number of rotatable bonds is 56. The third kappa shape index (κ3) is 63.7. The number of hydrogen-bond acceptors (Lipinski definition) is 6. The van der Waals surface area contributed by atoms with Crippen LogP contribution >= 0.6 is 0 Å². The number of allylic oxidation sites excluding steroid dienone is 26. The van der Waals surface area contributed by atoms with E-state index in [0.717, 1.165) is 141 Å². The van der Waals surface area contributed by atoms with Crippen LogP contribution in [0.15, 0.2) is 158 Å². The van der Waals surface area contributed by atoms with Crippen LogP contribution in [0.25, 0.3) is 0 Å². The summed E-state index contributed by atoms with van der Waals surface area (Å²) < 4.78 is 16.9. The number of esters is 3. The van der Waals surface area contributed by atoms with Crippen molar-refractivity contribution in [2.45, 2.75) is 271 Å². The molecule has 0 rings (SSSR count). The van der Waals surface area contributed by atoms with Crippen molar-refractivity contribution < 1.29 is 28.6 Å². The standard InChI is InChI=1S/C73H116O6/c1-4-7-10-13-16-19-22-25-28-31-33-35-36-38-39-42-45-48-51-54-57-60-63-66-72(75)78-69-70(68-77-71(74)65-62-59-56-53-50-47-44-41-30-27-24-21-18-15-12-9-6-3)79-73(76)67-64-61-58-55-52-49-46-43-40-37-34-32-29-26-23-20-17-14-11-8-5-2/h7-8,10-11,16-17,19-20,25-30,33-35,37-39,43,45-46,48,54,57,70H,4-6,9,12-15,18,21-24,31-32,36,40-42,44,47,49-53,55-56,58-69H2,1-3H3/b10-7-,11-8-,19-16-,20-17-,28-25-,29-26-,30-27-,35-33-,37-34-,39-38-,46-43-,48-45-,57-54-. The number of ether oxygens (including phenoxy) is 3. The lowest BCUT2D eigenvalue weighted by atomic mass is 10.1. The van der Waals surface area contributed by atoms with Gasteiger partial charge in [0.15, 0.2) is 6.10 Å². The summed E-state index contributed by atoms with van der Waals surface area (Å²) in [5.41, 5.74) is 0. The van der Waals surface area contributed by atoms with Crippen molar-refractivity contribution >= 4 is 17.9 Å². The first kappa shape index (κ1) is 74.0. The molecule has 0 amide bonds. The van der Waals surface area contributed by atoms with Gasteiger partial charge in [-0.3, -0.25) is 14.4 Å². The number of hydrogen-bond donors (Lipinski definition) is 0. The van der Waals surface area contributed by atoms with Gasteiger partial charge in [-0.1, -0.05) is 262 Å². The van der Waals surface area contributed by atoms with Gasteiger partial charge in [-0.05, 0) is 141 Å². The minimum absolute atomic E-state index is 0.113.